The number of fused-ring (bicyclic) bond motifs is 1. The number of anilines is 1. The number of ether oxygens (including phenoxy) is 1. The Kier molecular flexibility index (Phi) is 6.10. The topological polar surface area (TPSA) is 130 Å². The van der Waals surface area contributed by atoms with E-state index >= 15 is 4.39 Å². The number of amides is 2. The Balaban J connectivity index is 1.28. The molecule has 0 spiro atoms. The Morgan fingerprint density at radius 2 is 2.09 bits per heavy atom. The molecule has 0 saturated carbocycles. The average Bonchev–Trinajstić information content (AvgIpc) is 3.57. The Bertz CT molecular complexity index is 1370. The number of hydrogen-bond donors (Lipinski definition) is 3. The molecule has 4 heterocycles. The molecule has 0 radical (unpaired) electrons. The zero-order valence-corrected chi connectivity index (χ0v) is 18.9. The van der Waals surface area contributed by atoms with Crippen molar-refractivity contribution in [3.05, 3.63) is 66.1 Å². The Morgan fingerprint density at radius 3 is 2.86 bits per heavy atom. The third-order valence-electron chi connectivity index (χ3n) is 5.61. The molecule has 2 amide bonds. The number of nitrogens with one attached hydrogen (secondary N) is 3. The molecule has 12 heteroatoms. The van der Waals surface area contributed by atoms with E-state index in [0.717, 1.165) is 17.0 Å². The second-order valence-corrected chi connectivity index (χ2v) is 8.20. The summed E-state index contributed by atoms with van der Waals surface area (Å²) in [6.45, 7) is 2.93. The maximum atomic E-state index is 15.1. The number of benzene rings is 1. The summed E-state index contributed by atoms with van der Waals surface area (Å²) in [7, 11) is 0. The summed E-state index contributed by atoms with van der Waals surface area (Å²) in [5, 5.41) is 16.2. The molecule has 3 N–H and O–H groups in total. The number of hydrogen-bond acceptors (Lipinski definition) is 7. The van der Waals surface area contributed by atoms with Crippen molar-refractivity contribution < 1.29 is 18.7 Å². The van der Waals surface area contributed by atoms with E-state index in [1.165, 1.54) is 17.9 Å². The number of nitrogens with zero attached hydrogens (tertiary/aromatic N) is 5. The van der Waals surface area contributed by atoms with Gasteiger partial charge in [-0.05, 0) is 30.3 Å². The van der Waals surface area contributed by atoms with Gasteiger partial charge in [-0.25, -0.2) is 14.2 Å². The van der Waals surface area contributed by atoms with E-state index in [0.29, 0.717) is 29.9 Å². The van der Waals surface area contributed by atoms with Crippen molar-refractivity contribution in [3.8, 4) is 11.1 Å². The van der Waals surface area contributed by atoms with Crippen LogP contribution < -0.4 is 15.5 Å². The van der Waals surface area contributed by atoms with Crippen molar-refractivity contribution in [1.29, 1.82) is 0 Å². The largest absolute Gasteiger partial charge is 0.442 e. The van der Waals surface area contributed by atoms with Crippen LogP contribution >= 0.6 is 0 Å². The number of pyridine rings is 1. The van der Waals surface area contributed by atoms with Crippen LogP contribution in [0.5, 0.6) is 0 Å². The molecule has 0 aliphatic carbocycles. The predicted octanol–water partition coefficient (Wildman–Crippen LogP) is 2.01. The van der Waals surface area contributed by atoms with Gasteiger partial charge in [-0.3, -0.25) is 9.69 Å². The summed E-state index contributed by atoms with van der Waals surface area (Å²) in [5.41, 5.74) is 3.86. The van der Waals surface area contributed by atoms with Gasteiger partial charge in [0.05, 0.1) is 36.4 Å². The van der Waals surface area contributed by atoms with Gasteiger partial charge < -0.3 is 19.8 Å². The van der Waals surface area contributed by atoms with Gasteiger partial charge >= 0.3 is 6.09 Å². The van der Waals surface area contributed by atoms with Crippen LogP contribution in [-0.2, 0) is 22.6 Å². The number of halogens is 1. The molecule has 1 saturated heterocycles. The third kappa shape index (κ3) is 4.96. The molecule has 0 bridgehead atoms. The smallest absolute Gasteiger partial charge is 0.414 e. The highest BCUT2D eigenvalue weighted by molar-refractivity contribution is 5.90. The molecule has 1 aliphatic heterocycles. The molecule has 1 fully saturated rings. The average molecular weight is 478 g/mol. The molecule has 1 aliphatic rings. The van der Waals surface area contributed by atoms with Crippen LogP contribution in [0.3, 0.4) is 0 Å². The molecule has 1 aromatic carbocycles. The van der Waals surface area contributed by atoms with Crippen LogP contribution in [0.25, 0.3) is 16.8 Å². The fraction of sp³-hybridized carbons (Fsp3) is 0.261. The third-order valence-corrected chi connectivity index (χ3v) is 5.61. The van der Waals surface area contributed by atoms with E-state index in [4.69, 9.17) is 4.74 Å². The SMILES string of the molecule is CC(=O)NC[C@H]1CN(c2ccc(-c3ccc4nc(CNCc5cn[nH]n5)cn4c3)c(F)c2)C(=O)O1. The van der Waals surface area contributed by atoms with Gasteiger partial charge in [-0.15, -0.1) is 0 Å². The summed E-state index contributed by atoms with van der Waals surface area (Å²) in [6.07, 6.45) is 4.29. The summed E-state index contributed by atoms with van der Waals surface area (Å²) >= 11 is 0. The zero-order chi connectivity index (χ0) is 24.4. The van der Waals surface area contributed by atoms with Crippen molar-refractivity contribution in [3.63, 3.8) is 0 Å². The minimum atomic E-state index is -0.572. The molecule has 11 nitrogen and oxygen atoms in total. The number of aromatic amines is 1. The highest BCUT2D eigenvalue weighted by atomic mass is 19.1. The molecule has 180 valence electrons. The van der Waals surface area contributed by atoms with Gasteiger partial charge in [0.2, 0.25) is 5.91 Å². The number of H-pyrrole nitrogens is 1. The van der Waals surface area contributed by atoms with Crippen LogP contribution in [0.15, 0.2) is 48.9 Å². The molecular formula is C23H23FN8O3. The lowest BCUT2D eigenvalue weighted by molar-refractivity contribution is -0.119. The van der Waals surface area contributed by atoms with Crippen molar-refractivity contribution in [2.24, 2.45) is 0 Å². The van der Waals surface area contributed by atoms with Crippen LogP contribution in [0.2, 0.25) is 0 Å². The lowest BCUT2D eigenvalue weighted by atomic mass is 10.1. The second-order valence-electron chi connectivity index (χ2n) is 8.20. The quantitative estimate of drug-likeness (QED) is 0.353. The molecular weight excluding hydrogens is 455 g/mol. The maximum Gasteiger partial charge on any atom is 0.414 e. The molecule has 3 aromatic heterocycles. The van der Waals surface area contributed by atoms with Crippen molar-refractivity contribution in [2.75, 3.05) is 18.0 Å². The van der Waals surface area contributed by atoms with E-state index in [-0.39, 0.29) is 19.0 Å². The van der Waals surface area contributed by atoms with E-state index in [1.54, 1.807) is 24.4 Å². The van der Waals surface area contributed by atoms with Gasteiger partial charge in [0.25, 0.3) is 0 Å². The van der Waals surface area contributed by atoms with Gasteiger partial charge in [0.1, 0.15) is 17.6 Å². The monoisotopic (exact) mass is 478 g/mol. The first-order valence-electron chi connectivity index (χ1n) is 11.0. The Hall–Kier alpha value is -4.32. The van der Waals surface area contributed by atoms with E-state index in [1.807, 2.05) is 22.9 Å². The maximum absolute atomic E-state index is 15.1. The summed E-state index contributed by atoms with van der Waals surface area (Å²) in [6, 6.07) is 8.26. The first-order chi connectivity index (χ1) is 17.0. The summed E-state index contributed by atoms with van der Waals surface area (Å²) < 4.78 is 22.2. The normalized spacial score (nSPS) is 15.5. The van der Waals surface area contributed by atoms with Crippen molar-refractivity contribution in [1.82, 2.24) is 35.4 Å². The number of aromatic nitrogens is 5. The first kappa shape index (κ1) is 22.5. The van der Waals surface area contributed by atoms with Crippen LogP contribution in [0.4, 0.5) is 14.9 Å². The first-order valence-corrected chi connectivity index (χ1v) is 11.0. The highest BCUT2D eigenvalue weighted by Gasteiger charge is 2.32. The van der Waals surface area contributed by atoms with E-state index < -0.39 is 18.0 Å². The van der Waals surface area contributed by atoms with E-state index in [2.05, 4.69) is 31.0 Å². The van der Waals surface area contributed by atoms with Crippen LogP contribution in [0.1, 0.15) is 18.3 Å². The lowest BCUT2D eigenvalue weighted by Gasteiger charge is -2.14. The van der Waals surface area contributed by atoms with Crippen molar-refractivity contribution in [2.45, 2.75) is 26.1 Å². The van der Waals surface area contributed by atoms with Crippen molar-refractivity contribution >= 4 is 23.3 Å². The highest BCUT2D eigenvalue weighted by Crippen LogP contribution is 2.29. The lowest BCUT2D eigenvalue weighted by Crippen LogP contribution is -2.33. The molecule has 5 rings (SSSR count). The predicted molar refractivity (Wildman–Crippen MR) is 124 cm³/mol. The van der Waals surface area contributed by atoms with E-state index in [9.17, 15) is 9.59 Å². The molecule has 0 unspecified atom stereocenters. The number of cyclic esters (lactones) is 1. The zero-order valence-electron chi connectivity index (χ0n) is 18.9. The second kappa shape index (κ2) is 9.50. The minimum absolute atomic E-state index is 0.209. The fourth-order valence-corrected chi connectivity index (χ4v) is 3.92. The molecule has 35 heavy (non-hydrogen) atoms. The van der Waals surface area contributed by atoms with Gasteiger partial charge in [-0.2, -0.15) is 15.4 Å². The van der Waals surface area contributed by atoms with Crippen LogP contribution in [-0.4, -0.2) is 56.0 Å². The van der Waals surface area contributed by atoms with Crippen LogP contribution in [0, 0.1) is 5.82 Å². The molecule has 1 atom stereocenters. The minimum Gasteiger partial charge on any atom is -0.442 e. The fourth-order valence-electron chi connectivity index (χ4n) is 3.92. The molecule has 4 aromatic rings. The number of imidazole rings is 1. The van der Waals surface area contributed by atoms with Gasteiger partial charge in [0.15, 0.2) is 0 Å². The van der Waals surface area contributed by atoms with Gasteiger partial charge in [0, 0.05) is 43.5 Å². The number of carbonyl (C=O) groups excluding carboxylic acids is 2. The summed E-state index contributed by atoms with van der Waals surface area (Å²) in [4.78, 5) is 29.3. The standard InChI is InChI=1S/C23H23FN8O3/c1-14(33)26-10-19-13-32(23(34)35-19)18-3-4-20(21(24)6-18)15-2-5-22-28-17(12-31(22)11-15)8-25-7-16-9-27-30-29-16/h2-6,9,11-12,19,25H,7-8,10,13H2,1H3,(H,26,33)(H,27,29,30)/t19-/m0/s1. The Labute approximate surface area is 199 Å². The number of carbonyl (C=O) groups is 2. The summed E-state index contributed by atoms with van der Waals surface area (Å²) in [5.74, 6) is -0.672. The Morgan fingerprint density at radius 1 is 1.23 bits per heavy atom. The van der Waals surface area contributed by atoms with Gasteiger partial charge in [-0.1, -0.05) is 0 Å². The number of rotatable bonds is 8.